The van der Waals surface area contributed by atoms with Crippen LogP contribution in [-0.4, -0.2) is 40.2 Å². The lowest BCUT2D eigenvalue weighted by atomic mass is 9.90. The highest BCUT2D eigenvalue weighted by Crippen LogP contribution is 2.30. The van der Waals surface area contributed by atoms with Crippen LogP contribution in [-0.2, 0) is 6.54 Å². The van der Waals surface area contributed by atoms with Crippen LogP contribution in [0.1, 0.15) is 40.7 Å². The minimum Gasteiger partial charge on any atom is -0.338 e. The van der Waals surface area contributed by atoms with Crippen molar-refractivity contribution >= 4 is 17.5 Å². The zero-order valence-corrected chi connectivity index (χ0v) is 15.8. The Bertz CT molecular complexity index is 783. The van der Waals surface area contributed by atoms with Gasteiger partial charge in [0.05, 0.1) is 17.8 Å². The lowest BCUT2D eigenvalue weighted by Gasteiger charge is -2.22. The van der Waals surface area contributed by atoms with E-state index in [1.807, 2.05) is 47.7 Å². The van der Waals surface area contributed by atoms with Crippen molar-refractivity contribution in [3.8, 4) is 0 Å². The molecule has 0 radical (unpaired) electrons. The topological polar surface area (TPSA) is 64.2 Å². The fourth-order valence-corrected chi connectivity index (χ4v) is 3.57. The molecule has 1 fully saturated rings. The van der Waals surface area contributed by atoms with E-state index in [1.54, 1.807) is 0 Å². The highest BCUT2D eigenvalue weighted by atomic mass is 35.5. The number of nitrogens with zero attached hydrogens (tertiary/aromatic N) is 3. The van der Waals surface area contributed by atoms with Crippen LogP contribution in [0.25, 0.3) is 0 Å². The summed E-state index contributed by atoms with van der Waals surface area (Å²) in [6, 6.07) is 7.69. The Morgan fingerprint density at radius 2 is 2.00 bits per heavy atom. The maximum atomic E-state index is 13.0. The van der Waals surface area contributed by atoms with Gasteiger partial charge < -0.3 is 10.6 Å². The van der Waals surface area contributed by atoms with Crippen LogP contribution in [0, 0.1) is 19.3 Å². The maximum absolute atomic E-state index is 13.0. The van der Waals surface area contributed by atoms with Crippen molar-refractivity contribution in [2.45, 2.75) is 33.7 Å². The molecule has 6 heteroatoms. The normalized spacial score (nSPS) is 20.3. The first-order chi connectivity index (χ1) is 11.8. The van der Waals surface area contributed by atoms with Crippen LogP contribution >= 0.6 is 11.6 Å². The molecule has 134 valence electrons. The van der Waals surface area contributed by atoms with E-state index in [2.05, 4.69) is 12.0 Å². The number of hydrogen-bond acceptors (Lipinski definition) is 3. The minimum atomic E-state index is 0.0246. The van der Waals surface area contributed by atoms with Crippen molar-refractivity contribution in [3.63, 3.8) is 0 Å². The molecule has 1 aliphatic heterocycles. The predicted molar refractivity (Wildman–Crippen MR) is 99.9 cm³/mol. The van der Waals surface area contributed by atoms with Crippen molar-refractivity contribution in [2.75, 3.05) is 19.6 Å². The van der Waals surface area contributed by atoms with Gasteiger partial charge in [-0.15, -0.1) is 0 Å². The first-order valence-corrected chi connectivity index (χ1v) is 8.98. The number of likely N-dealkylation sites (tertiary alicyclic amines) is 1. The molecule has 2 N–H and O–H groups in total. The molecule has 1 aromatic heterocycles. The zero-order valence-electron chi connectivity index (χ0n) is 15.1. The summed E-state index contributed by atoms with van der Waals surface area (Å²) in [4.78, 5) is 14.9. The van der Waals surface area contributed by atoms with Gasteiger partial charge in [0, 0.05) is 23.8 Å². The van der Waals surface area contributed by atoms with E-state index in [1.165, 1.54) is 0 Å². The Morgan fingerprint density at radius 1 is 1.32 bits per heavy atom. The number of amides is 1. The van der Waals surface area contributed by atoms with Crippen molar-refractivity contribution < 1.29 is 4.79 Å². The monoisotopic (exact) mass is 360 g/mol. The first kappa shape index (κ1) is 18.0. The van der Waals surface area contributed by atoms with E-state index in [-0.39, 0.29) is 11.3 Å². The van der Waals surface area contributed by atoms with Crippen LogP contribution in [0.3, 0.4) is 0 Å². The first-order valence-electron chi connectivity index (χ1n) is 8.61. The number of carbonyl (C=O) groups excluding carboxylic acids is 1. The van der Waals surface area contributed by atoms with Crippen LogP contribution < -0.4 is 5.73 Å². The average Bonchev–Trinajstić information content (AvgIpc) is 3.11. The lowest BCUT2D eigenvalue weighted by molar-refractivity contribution is 0.0775. The van der Waals surface area contributed by atoms with Gasteiger partial charge in [0.1, 0.15) is 0 Å². The second kappa shape index (κ2) is 6.81. The third-order valence-corrected chi connectivity index (χ3v) is 5.43. The Morgan fingerprint density at radius 3 is 2.60 bits per heavy atom. The van der Waals surface area contributed by atoms with Gasteiger partial charge in [-0.1, -0.05) is 30.7 Å². The summed E-state index contributed by atoms with van der Waals surface area (Å²) >= 11 is 5.94. The van der Waals surface area contributed by atoms with Gasteiger partial charge in [-0.3, -0.25) is 9.48 Å². The van der Waals surface area contributed by atoms with Crippen molar-refractivity contribution in [3.05, 3.63) is 51.8 Å². The molecule has 5 nitrogen and oxygen atoms in total. The van der Waals surface area contributed by atoms with Gasteiger partial charge in [0.2, 0.25) is 0 Å². The third kappa shape index (κ3) is 3.58. The van der Waals surface area contributed by atoms with Crippen LogP contribution in [0.15, 0.2) is 24.3 Å². The van der Waals surface area contributed by atoms with Gasteiger partial charge in [-0.25, -0.2) is 0 Å². The van der Waals surface area contributed by atoms with Crippen molar-refractivity contribution in [2.24, 2.45) is 11.1 Å². The number of aromatic nitrogens is 2. The summed E-state index contributed by atoms with van der Waals surface area (Å²) < 4.78 is 1.89. The summed E-state index contributed by atoms with van der Waals surface area (Å²) in [6.45, 7) is 8.70. The summed E-state index contributed by atoms with van der Waals surface area (Å²) in [5.74, 6) is 0.0644. The molecule has 1 atom stereocenters. The average molecular weight is 361 g/mol. The molecule has 3 rings (SSSR count). The summed E-state index contributed by atoms with van der Waals surface area (Å²) in [7, 11) is 0. The number of nitrogens with two attached hydrogens (primary N) is 1. The predicted octanol–water partition coefficient (Wildman–Crippen LogP) is 3.01. The van der Waals surface area contributed by atoms with Gasteiger partial charge >= 0.3 is 0 Å². The number of halogens is 1. The quantitative estimate of drug-likeness (QED) is 0.911. The summed E-state index contributed by atoms with van der Waals surface area (Å²) in [5, 5.41) is 5.30. The summed E-state index contributed by atoms with van der Waals surface area (Å²) in [6.07, 6.45) is 0.951. The van der Waals surface area contributed by atoms with E-state index in [0.29, 0.717) is 24.7 Å². The SMILES string of the molecule is Cc1nn(Cc2ccc(Cl)cc2)c(C)c1C(=O)N1CCC(C)(CN)C1. The highest BCUT2D eigenvalue weighted by Gasteiger charge is 2.36. The van der Waals surface area contributed by atoms with Gasteiger partial charge in [-0.05, 0) is 49.9 Å². The number of hydrogen-bond donors (Lipinski definition) is 1. The molecule has 1 aliphatic rings. The fraction of sp³-hybridized carbons (Fsp3) is 0.474. The van der Waals surface area contributed by atoms with Gasteiger partial charge in [0.25, 0.3) is 5.91 Å². The number of benzene rings is 1. The van der Waals surface area contributed by atoms with E-state index < -0.39 is 0 Å². The molecular formula is C19H25ClN4O. The van der Waals surface area contributed by atoms with Crippen LogP contribution in [0.5, 0.6) is 0 Å². The number of rotatable bonds is 4. The molecule has 2 aromatic rings. The van der Waals surface area contributed by atoms with Crippen LogP contribution in [0.2, 0.25) is 5.02 Å². The molecule has 25 heavy (non-hydrogen) atoms. The summed E-state index contributed by atoms with van der Waals surface area (Å²) in [5.41, 5.74) is 9.39. The smallest absolute Gasteiger partial charge is 0.257 e. The Kier molecular flexibility index (Phi) is 4.89. The standard InChI is InChI=1S/C19H25ClN4O/c1-13-17(18(25)23-9-8-19(3,11-21)12-23)14(2)24(22-13)10-15-4-6-16(20)7-5-15/h4-7H,8-12,21H2,1-3H3. The molecule has 1 amide bonds. The minimum absolute atomic E-state index is 0.0246. The zero-order chi connectivity index (χ0) is 18.2. The second-order valence-corrected chi connectivity index (χ2v) is 7.76. The highest BCUT2D eigenvalue weighted by molar-refractivity contribution is 6.30. The van der Waals surface area contributed by atoms with Crippen molar-refractivity contribution in [1.82, 2.24) is 14.7 Å². The molecule has 0 saturated carbocycles. The molecule has 1 aromatic carbocycles. The van der Waals surface area contributed by atoms with E-state index >= 15 is 0 Å². The molecule has 1 unspecified atom stereocenters. The molecule has 0 aliphatic carbocycles. The number of carbonyl (C=O) groups is 1. The van der Waals surface area contributed by atoms with E-state index in [4.69, 9.17) is 17.3 Å². The molecule has 0 bridgehead atoms. The Balaban J connectivity index is 1.82. The van der Waals surface area contributed by atoms with E-state index in [9.17, 15) is 4.79 Å². The van der Waals surface area contributed by atoms with E-state index in [0.717, 1.165) is 35.5 Å². The Labute approximate surface area is 153 Å². The third-order valence-electron chi connectivity index (χ3n) is 5.18. The van der Waals surface area contributed by atoms with Crippen molar-refractivity contribution in [1.29, 1.82) is 0 Å². The van der Waals surface area contributed by atoms with Gasteiger partial charge in [-0.2, -0.15) is 5.10 Å². The van der Waals surface area contributed by atoms with Gasteiger partial charge in [0.15, 0.2) is 0 Å². The Hall–Kier alpha value is -1.85. The maximum Gasteiger partial charge on any atom is 0.257 e. The fourth-order valence-electron chi connectivity index (χ4n) is 3.44. The molecule has 1 saturated heterocycles. The largest absolute Gasteiger partial charge is 0.338 e. The second-order valence-electron chi connectivity index (χ2n) is 7.32. The molecular weight excluding hydrogens is 336 g/mol. The molecule has 2 heterocycles. The van der Waals surface area contributed by atoms with Crippen LogP contribution in [0.4, 0.5) is 0 Å². The number of aryl methyl sites for hydroxylation is 1. The molecule has 0 spiro atoms. The lowest BCUT2D eigenvalue weighted by Crippen LogP contribution is -2.35.